The van der Waals surface area contributed by atoms with Gasteiger partial charge in [-0.05, 0) is 54.3 Å². The van der Waals surface area contributed by atoms with Gasteiger partial charge in [0.25, 0.3) is 11.8 Å². The number of ether oxygens (including phenoxy) is 1. The number of benzene rings is 4. The molecule has 4 aromatic carbocycles. The van der Waals surface area contributed by atoms with Gasteiger partial charge in [0.05, 0.1) is 7.11 Å². The molecule has 0 aliphatic heterocycles. The topological polar surface area (TPSA) is 112 Å². The average molecular weight is 629 g/mol. The molecule has 8 heteroatoms. The Morgan fingerprint density at radius 3 is 2.19 bits per heavy atom. The van der Waals surface area contributed by atoms with Crippen molar-refractivity contribution >= 4 is 28.6 Å². The molecule has 1 aliphatic rings. The van der Waals surface area contributed by atoms with E-state index in [-0.39, 0.29) is 18.4 Å². The third-order valence-corrected chi connectivity index (χ3v) is 9.05. The highest BCUT2D eigenvalue weighted by atomic mass is 16.5. The van der Waals surface area contributed by atoms with Crippen LogP contribution in [0.4, 0.5) is 0 Å². The first-order valence-corrected chi connectivity index (χ1v) is 16.2. The quantitative estimate of drug-likeness (QED) is 0.143. The van der Waals surface area contributed by atoms with E-state index in [1.807, 2.05) is 84.9 Å². The van der Waals surface area contributed by atoms with Gasteiger partial charge in [-0.2, -0.15) is 0 Å². The van der Waals surface area contributed by atoms with Crippen molar-refractivity contribution in [1.29, 1.82) is 0 Å². The van der Waals surface area contributed by atoms with Crippen molar-refractivity contribution in [2.75, 3.05) is 7.11 Å². The first kappa shape index (κ1) is 31.6. The van der Waals surface area contributed by atoms with E-state index in [0.717, 1.165) is 48.6 Å². The van der Waals surface area contributed by atoms with Crippen LogP contribution in [0.2, 0.25) is 0 Å². The first-order valence-electron chi connectivity index (χ1n) is 16.2. The van der Waals surface area contributed by atoms with Gasteiger partial charge in [0.2, 0.25) is 5.91 Å². The Balaban J connectivity index is 1.45. The van der Waals surface area contributed by atoms with E-state index in [9.17, 15) is 9.59 Å². The van der Waals surface area contributed by atoms with E-state index in [1.54, 1.807) is 37.6 Å². The molecule has 1 aromatic heterocycles. The normalized spacial score (nSPS) is 15.3. The average Bonchev–Trinajstić information content (AvgIpc) is 3.56. The molecule has 1 saturated carbocycles. The molecule has 1 heterocycles. The zero-order chi connectivity index (χ0) is 32.6. The molecular formula is C39H40N4O4. The van der Waals surface area contributed by atoms with Crippen molar-refractivity contribution < 1.29 is 19.1 Å². The smallest absolute Gasteiger partial charge is 0.255 e. The van der Waals surface area contributed by atoms with E-state index < -0.39 is 23.4 Å². The Labute approximate surface area is 274 Å². The van der Waals surface area contributed by atoms with Crippen molar-refractivity contribution in [3.8, 4) is 5.75 Å². The Bertz CT molecular complexity index is 1810. The van der Waals surface area contributed by atoms with Crippen LogP contribution >= 0.6 is 0 Å². The molecule has 0 unspecified atom stereocenters. The highest BCUT2D eigenvalue weighted by molar-refractivity contribution is 6.05. The summed E-state index contributed by atoms with van der Waals surface area (Å²) in [5.41, 5.74) is 1.48. The maximum Gasteiger partial charge on any atom is 0.255 e. The van der Waals surface area contributed by atoms with Gasteiger partial charge in [0, 0.05) is 40.7 Å². The Morgan fingerprint density at radius 2 is 1.49 bits per heavy atom. The molecule has 4 N–H and O–H groups in total. The van der Waals surface area contributed by atoms with Crippen LogP contribution in [0.25, 0.3) is 10.9 Å². The number of aromatic nitrogens is 1. The van der Waals surface area contributed by atoms with Crippen molar-refractivity contribution in [3.63, 3.8) is 0 Å². The van der Waals surface area contributed by atoms with Gasteiger partial charge in [-0.1, -0.05) is 98.1 Å². The number of methoxy groups -OCH3 is 1. The number of hydrogen-bond acceptors (Lipinski definition) is 4. The summed E-state index contributed by atoms with van der Waals surface area (Å²) in [5, 5.41) is 10.3. The number of H-pyrrole nitrogens is 1. The van der Waals surface area contributed by atoms with E-state index in [2.05, 4.69) is 20.9 Å². The molecule has 0 saturated heterocycles. The third kappa shape index (κ3) is 6.92. The monoisotopic (exact) mass is 628 g/mol. The number of para-hydroxylation sites is 1. The fourth-order valence-electron chi connectivity index (χ4n) is 6.53. The van der Waals surface area contributed by atoms with Crippen molar-refractivity contribution in [2.45, 2.75) is 56.1 Å². The molecule has 8 nitrogen and oxygen atoms in total. The summed E-state index contributed by atoms with van der Waals surface area (Å²) in [5.74, 6) is -0.604. The van der Waals surface area contributed by atoms with Crippen LogP contribution in [0.5, 0.6) is 5.75 Å². The van der Waals surface area contributed by atoms with Gasteiger partial charge in [-0.15, -0.1) is 0 Å². The van der Waals surface area contributed by atoms with E-state index in [4.69, 9.17) is 4.74 Å². The largest absolute Gasteiger partial charge is 0.497 e. The predicted octanol–water partition coefficient (Wildman–Crippen LogP) is 6.03. The summed E-state index contributed by atoms with van der Waals surface area (Å²) in [6.07, 6.45) is 7.17. The molecule has 1 fully saturated rings. The predicted molar refractivity (Wildman–Crippen MR) is 183 cm³/mol. The lowest BCUT2D eigenvalue weighted by atomic mass is 9.80. The second-order valence-electron chi connectivity index (χ2n) is 12.1. The molecule has 47 heavy (non-hydrogen) atoms. The zero-order valence-corrected chi connectivity index (χ0v) is 26.5. The second kappa shape index (κ2) is 14.4. The molecule has 5 aromatic rings. The van der Waals surface area contributed by atoms with Gasteiger partial charge in [-0.3, -0.25) is 14.4 Å². The summed E-state index contributed by atoms with van der Waals surface area (Å²) in [7, 11) is 1.56. The molecule has 240 valence electrons. The van der Waals surface area contributed by atoms with Crippen LogP contribution in [-0.2, 0) is 21.5 Å². The Kier molecular flexibility index (Phi) is 9.67. The van der Waals surface area contributed by atoms with Crippen molar-refractivity contribution in [2.24, 2.45) is 0 Å². The zero-order valence-electron chi connectivity index (χ0n) is 26.5. The fourth-order valence-corrected chi connectivity index (χ4v) is 6.53. The molecular weight excluding hydrogens is 588 g/mol. The SMILES string of the molecule is COc1ccc(C(=O)N[C@](C(=O)N[C@@H](Cc2ccccc2)C(=O)NC2CCCCC2)(c2ccccc2)c2c[nH]c3ccccc23)cc1. The summed E-state index contributed by atoms with van der Waals surface area (Å²) in [4.78, 5) is 46.5. The standard InChI is InChI=1S/C39H40N4O4/c1-47-31-23-21-28(22-24-31)36(44)43-39(29-15-7-3-8-16-29,33-26-40-34-20-12-11-19-32(33)34)38(46)42-35(25-27-13-5-2-6-14-27)37(45)41-30-17-9-4-10-18-30/h2-3,5-8,11-16,19-24,26,30,35,40H,4,9-10,17-18,25H2,1H3,(H,41,45)(H,42,46)(H,43,44)/t35-,39+/m0/s1. The second-order valence-corrected chi connectivity index (χ2v) is 12.1. The molecule has 2 atom stereocenters. The maximum absolute atomic E-state index is 15.1. The summed E-state index contributed by atoms with van der Waals surface area (Å²) >= 11 is 0. The number of carbonyl (C=O) groups is 3. The van der Waals surface area contributed by atoms with Gasteiger partial charge in [-0.25, -0.2) is 0 Å². The highest BCUT2D eigenvalue weighted by Gasteiger charge is 2.46. The van der Waals surface area contributed by atoms with E-state index in [0.29, 0.717) is 22.4 Å². The molecule has 3 amide bonds. The number of aromatic amines is 1. The van der Waals surface area contributed by atoms with Crippen LogP contribution in [-0.4, -0.2) is 41.9 Å². The number of carbonyl (C=O) groups excluding carboxylic acids is 3. The van der Waals surface area contributed by atoms with E-state index in [1.165, 1.54) is 0 Å². The van der Waals surface area contributed by atoms with Crippen LogP contribution in [0.1, 0.15) is 59.2 Å². The minimum Gasteiger partial charge on any atom is -0.497 e. The number of fused-ring (bicyclic) bond motifs is 1. The van der Waals surface area contributed by atoms with E-state index >= 15 is 4.79 Å². The number of amides is 3. The lowest BCUT2D eigenvalue weighted by molar-refractivity contribution is -0.132. The van der Waals surface area contributed by atoms with Gasteiger partial charge in [0.15, 0.2) is 5.54 Å². The van der Waals surface area contributed by atoms with Crippen molar-refractivity contribution in [3.05, 3.63) is 138 Å². The third-order valence-electron chi connectivity index (χ3n) is 9.05. The Hall–Kier alpha value is -5.37. The molecule has 1 aliphatic carbocycles. The van der Waals surface area contributed by atoms with Gasteiger partial charge < -0.3 is 25.7 Å². The van der Waals surface area contributed by atoms with Crippen molar-refractivity contribution in [1.82, 2.24) is 20.9 Å². The fraction of sp³-hybridized carbons (Fsp3) is 0.256. The first-order chi connectivity index (χ1) is 23.0. The lowest BCUT2D eigenvalue weighted by Gasteiger charge is -2.36. The molecule has 6 rings (SSSR count). The number of hydrogen-bond donors (Lipinski definition) is 4. The Morgan fingerprint density at radius 1 is 0.830 bits per heavy atom. The summed E-state index contributed by atoms with van der Waals surface area (Å²) < 4.78 is 5.30. The summed E-state index contributed by atoms with van der Waals surface area (Å²) in [6.45, 7) is 0. The lowest BCUT2D eigenvalue weighted by Crippen LogP contribution is -2.61. The van der Waals surface area contributed by atoms with Crippen LogP contribution in [0, 0.1) is 0 Å². The minimum absolute atomic E-state index is 0.0636. The van der Waals surface area contributed by atoms with Crippen LogP contribution < -0.4 is 20.7 Å². The number of rotatable bonds is 11. The van der Waals surface area contributed by atoms with Gasteiger partial charge in [0.1, 0.15) is 11.8 Å². The van der Waals surface area contributed by atoms with Crippen LogP contribution in [0.3, 0.4) is 0 Å². The molecule has 0 spiro atoms. The molecule has 0 radical (unpaired) electrons. The minimum atomic E-state index is -1.71. The van der Waals surface area contributed by atoms with Gasteiger partial charge >= 0.3 is 0 Å². The molecule has 0 bridgehead atoms. The number of nitrogens with one attached hydrogen (secondary N) is 4. The highest BCUT2D eigenvalue weighted by Crippen LogP contribution is 2.36. The van der Waals surface area contributed by atoms with Crippen LogP contribution in [0.15, 0.2) is 115 Å². The summed E-state index contributed by atoms with van der Waals surface area (Å²) in [6, 6.07) is 32.4. The maximum atomic E-state index is 15.1.